The van der Waals surface area contributed by atoms with E-state index in [1.54, 1.807) is 7.11 Å². The lowest BCUT2D eigenvalue weighted by Crippen LogP contribution is -2.40. The standard InChI is InChI=1S/C21H36N6OS/c1-16-12-17(2)15-27(14-16)19-13-18(26-9-5-4-6-10-26)23-20(24-19)25-21(29)22-8-7-11-28-3/h13,16-17H,4-12,14-15H2,1-3H3,(H2,22,23,24,25,29)/t16-,17+. The predicted octanol–water partition coefficient (Wildman–Crippen LogP) is 3.27. The van der Waals surface area contributed by atoms with Gasteiger partial charge < -0.3 is 25.2 Å². The Morgan fingerprint density at radius 3 is 2.41 bits per heavy atom. The first-order valence-corrected chi connectivity index (χ1v) is 11.4. The van der Waals surface area contributed by atoms with Crippen LogP contribution in [-0.2, 0) is 4.74 Å². The van der Waals surface area contributed by atoms with E-state index < -0.39 is 0 Å². The van der Waals surface area contributed by atoms with E-state index in [9.17, 15) is 0 Å². The Labute approximate surface area is 180 Å². The Bertz CT molecular complexity index is 657. The van der Waals surface area contributed by atoms with Crippen LogP contribution >= 0.6 is 12.2 Å². The van der Waals surface area contributed by atoms with Crippen LogP contribution in [0.25, 0.3) is 0 Å². The van der Waals surface area contributed by atoms with Crippen LogP contribution < -0.4 is 20.4 Å². The second kappa shape index (κ2) is 10.9. The number of methoxy groups -OCH3 is 1. The monoisotopic (exact) mass is 420 g/mol. The highest BCUT2D eigenvalue weighted by molar-refractivity contribution is 7.80. The van der Waals surface area contributed by atoms with E-state index in [1.165, 1.54) is 25.7 Å². The van der Waals surface area contributed by atoms with E-state index in [0.717, 1.165) is 50.8 Å². The molecule has 0 spiro atoms. The second-order valence-electron chi connectivity index (χ2n) is 8.53. The summed E-state index contributed by atoms with van der Waals surface area (Å²) < 4.78 is 5.09. The summed E-state index contributed by atoms with van der Waals surface area (Å²) in [7, 11) is 1.71. The van der Waals surface area contributed by atoms with Crippen LogP contribution in [0.5, 0.6) is 0 Å². The van der Waals surface area contributed by atoms with Gasteiger partial charge in [0.15, 0.2) is 5.11 Å². The minimum atomic E-state index is 0.559. The molecule has 2 aliphatic heterocycles. The summed E-state index contributed by atoms with van der Waals surface area (Å²) in [5.41, 5.74) is 0. The SMILES string of the molecule is COCCCNC(=S)Nc1nc(N2CCCCC2)cc(N2C[C@H](C)C[C@H](C)C2)n1. The van der Waals surface area contributed by atoms with E-state index in [1.807, 2.05) is 0 Å². The number of aromatic nitrogens is 2. The molecule has 2 fully saturated rings. The van der Waals surface area contributed by atoms with Crippen LogP contribution in [-0.4, -0.2) is 61.5 Å². The van der Waals surface area contributed by atoms with Gasteiger partial charge in [0.2, 0.25) is 5.95 Å². The quantitative estimate of drug-likeness (QED) is 0.515. The molecule has 0 saturated carbocycles. The van der Waals surface area contributed by atoms with E-state index in [2.05, 4.69) is 40.3 Å². The lowest BCUT2D eigenvalue weighted by molar-refractivity contribution is 0.196. The lowest BCUT2D eigenvalue weighted by atomic mass is 9.92. The van der Waals surface area contributed by atoms with Crippen LogP contribution in [0.4, 0.5) is 17.6 Å². The van der Waals surface area contributed by atoms with E-state index in [0.29, 0.717) is 29.5 Å². The van der Waals surface area contributed by atoms with Crippen LogP contribution in [0.3, 0.4) is 0 Å². The Balaban J connectivity index is 1.76. The normalized spacial score (nSPS) is 22.4. The van der Waals surface area contributed by atoms with Crippen molar-refractivity contribution < 1.29 is 4.74 Å². The fraction of sp³-hybridized carbons (Fsp3) is 0.762. The van der Waals surface area contributed by atoms with Gasteiger partial charge in [0.25, 0.3) is 0 Å². The minimum Gasteiger partial charge on any atom is -0.385 e. The summed E-state index contributed by atoms with van der Waals surface area (Å²) in [4.78, 5) is 14.4. The first-order valence-electron chi connectivity index (χ1n) is 11.0. The maximum absolute atomic E-state index is 5.45. The number of nitrogens with one attached hydrogen (secondary N) is 2. The van der Waals surface area contributed by atoms with Gasteiger partial charge in [-0.05, 0) is 56.2 Å². The molecule has 0 amide bonds. The van der Waals surface area contributed by atoms with Crippen molar-refractivity contribution in [2.75, 3.05) is 61.6 Å². The molecule has 0 unspecified atom stereocenters. The molecular weight excluding hydrogens is 384 g/mol. The average Bonchev–Trinajstić information content (AvgIpc) is 2.71. The number of thiocarbonyl (C=S) groups is 1. The number of hydrogen-bond acceptors (Lipinski definition) is 6. The van der Waals surface area contributed by atoms with Gasteiger partial charge in [-0.3, -0.25) is 0 Å². The van der Waals surface area contributed by atoms with Crippen molar-refractivity contribution in [2.45, 2.75) is 46.0 Å². The summed E-state index contributed by atoms with van der Waals surface area (Å²) >= 11 is 5.45. The molecule has 7 nitrogen and oxygen atoms in total. The third-order valence-corrected chi connectivity index (χ3v) is 5.85. The smallest absolute Gasteiger partial charge is 0.232 e. The molecule has 3 heterocycles. The molecule has 8 heteroatoms. The first-order chi connectivity index (χ1) is 14.0. The molecule has 0 aromatic carbocycles. The Morgan fingerprint density at radius 2 is 1.76 bits per heavy atom. The molecular formula is C21H36N6OS. The van der Waals surface area contributed by atoms with Crippen LogP contribution in [0.2, 0.25) is 0 Å². The van der Waals surface area contributed by atoms with Crippen molar-refractivity contribution >= 4 is 34.9 Å². The van der Waals surface area contributed by atoms with Crippen molar-refractivity contribution in [3.8, 4) is 0 Å². The van der Waals surface area contributed by atoms with E-state index in [4.69, 9.17) is 26.9 Å². The summed E-state index contributed by atoms with van der Waals surface area (Å²) in [6.45, 7) is 10.3. The zero-order valence-electron chi connectivity index (χ0n) is 18.1. The highest BCUT2D eigenvalue weighted by Gasteiger charge is 2.24. The molecule has 0 radical (unpaired) electrons. The summed E-state index contributed by atoms with van der Waals surface area (Å²) in [5.74, 6) is 3.94. The number of piperidine rings is 2. The molecule has 1 aromatic rings. The van der Waals surface area contributed by atoms with Crippen molar-refractivity contribution in [3.05, 3.63) is 6.07 Å². The minimum absolute atomic E-state index is 0.559. The van der Waals surface area contributed by atoms with Crippen LogP contribution in [0, 0.1) is 11.8 Å². The number of anilines is 3. The van der Waals surface area contributed by atoms with E-state index in [-0.39, 0.29) is 0 Å². The highest BCUT2D eigenvalue weighted by atomic mass is 32.1. The van der Waals surface area contributed by atoms with E-state index >= 15 is 0 Å². The third kappa shape index (κ3) is 6.67. The number of nitrogens with zero attached hydrogens (tertiary/aromatic N) is 4. The summed E-state index contributed by atoms with van der Waals surface area (Å²) in [6.07, 6.45) is 5.93. The second-order valence-corrected chi connectivity index (χ2v) is 8.94. The zero-order valence-corrected chi connectivity index (χ0v) is 18.9. The van der Waals surface area contributed by atoms with Gasteiger partial charge in [0, 0.05) is 52.5 Å². The Kier molecular flexibility index (Phi) is 8.29. The first kappa shape index (κ1) is 22.0. The van der Waals surface area contributed by atoms with Crippen LogP contribution in [0.1, 0.15) is 46.0 Å². The molecule has 0 bridgehead atoms. The van der Waals surface area contributed by atoms with Gasteiger partial charge in [-0.15, -0.1) is 0 Å². The molecule has 1 aromatic heterocycles. The maximum Gasteiger partial charge on any atom is 0.232 e. The van der Waals surface area contributed by atoms with Gasteiger partial charge in [-0.1, -0.05) is 13.8 Å². The molecule has 3 rings (SSSR count). The fourth-order valence-electron chi connectivity index (χ4n) is 4.34. The molecule has 2 aliphatic rings. The molecule has 29 heavy (non-hydrogen) atoms. The molecule has 2 atom stereocenters. The fourth-order valence-corrected chi connectivity index (χ4v) is 4.53. The van der Waals surface area contributed by atoms with Crippen molar-refractivity contribution in [1.82, 2.24) is 15.3 Å². The molecule has 162 valence electrons. The zero-order chi connectivity index (χ0) is 20.6. The van der Waals surface area contributed by atoms with Crippen molar-refractivity contribution in [1.29, 1.82) is 0 Å². The van der Waals surface area contributed by atoms with Crippen LogP contribution in [0.15, 0.2) is 6.07 Å². The Morgan fingerprint density at radius 1 is 1.10 bits per heavy atom. The average molecular weight is 421 g/mol. The topological polar surface area (TPSA) is 65.6 Å². The van der Waals surface area contributed by atoms with Gasteiger partial charge in [0.1, 0.15) is 11.6 Å². The molecule has 2 N–H and O–H groups in total. The largest absolute Gasteiger partial charge is 0.385 e. The van der Waals surface area contributed by atoms with Crippen molar-refractivity contribution in [3.63, 3.8) is 0 Å². The van der Waals surface area contributed by atoms with Gasteiger partial charge in [-0.2, -0.15) is 9.97 Å². The molecule has 2 saturated heterocycles. The van der Waals surface area contributed by atoms with Crippen molar-refractivity contribution in [2.24, 2.45) is 11.8 Å². The predicted molar refractivity (Wildman–Crippen MR) is 124 cm³/mol. The summed E-state index contributed by atoms with van der Waals surface area (Å²) in [6, 6.07) is 2.16. The maximum atomic E-state index is 5.45. The van der Waals surface area contributed by atoms with Gasteiger partial charge in [0.05, 0.1) is 0 Å². The van der Waals surface area contributed by atoms with Gasteiger partial charge >= 0.3 is 0 Å². The summed E-state index contributed by atoms with van der Waals surface area (Å²) in [5, 5.41) is 6.97. The van der Waals surface area contributed by atoms with Gasteiger partial charge in [-0.25, -0.2) is 0 Å². The molecule has 0 aliphatic carbocycles. The number of hydrogen-bond donors (Lipinski definition) is 2. The lowest BCUT2D eigenvalue weighted by Gasteiger charge is -2.36. The number of rotatable bonds is 7. The highest BCUT2D eigenvalue weighted by Crippen LogP contribution is 2.29. The Hall–Kier alpha value is -1.67. The third-order valence-electron chi connectivity index (χ3n) is 5.61. The number of ether oxygens (including phenoxy) is 1.